The molecule has 0 aliphatic heterocycles. The van der Waals surface area contributed by atoms with Crippen molar-refractivity contribution in [1.29, 1.82) is 0 Å². The third-order valence-corrected chi connectivity index (χ3v) is 3.00. The first kappa shape index (κ1) is 9.21. The SMILES string of the molecule is CCS(=O)(=O)n1cc(CN)cn1. The van der Waals surface area contributed by atoms with Crippen LogP contribution in [-0.4, -0.2) is 23.4 Å². The number of nitrogens with zero attached hydrogens (tertiary/aromatic N) is 2. The van der Waals surface area contributed by atoms with E-state index < -0.39 is 10.0 Å². The molecule has 0 fully saturated rings. The van der Waals surface area contributed by atoms with Gasteiger partial charge in [-0.3, -0.25) is 0 Å². The Labute approximate surface area is 71.2 Å². The third-order valence-electron chi connectivity index (χ3n) is 1.50. The average molecular weight is 189 g/mol. The van der Waals surface area contributed by atoms with E-state index in [0.717, 1.165) is 4.09 Å². The Kier molecular flexibility index (Phi) is 2.49. The van der Waals surface area contributed by atoms with Crippen LogP contribution in [0.15, 0.2) is 12.4 Å². The lowest BCUT2D eigenvalue weighted by molar-refractivity contribution is 0.581. The van der Waals surface area contributed by atoms with Gasteiger partial charge in [0.25, 0.3) is 10.0 Å². The lowest BCUT2D eigenvalue weighted by Crippen LogP contribution is -2.15. The minimum Gasteiger partial charge on any atom is -0.326 e. The van der Waals surface area contributed by atoms with Crippen LogP contribution in [-0.2, 0) is 16.6 Å². The average Bonchev–Trinajstić information content (AvgIpc) is 2.52. The Morgan fingerprint density at radius 2 is 2.33 bits per heavy atom. The van der Waals surface area contributed by atoms with E-state index in [9.17, 15) is 8.42 Å². The topological polar surface area (TPSA) is 78.0 Å². The van der Waals surface area contributed by atoms with E-state index in [1.807, 2.05) is 0 Å². The van der Waals surface area contributed by atoms with E-state index in [-0.39, 0.29) is 5.75 Å². The number of hydrogen-bond donors (Lipinski definition) is 1. The molecule has 2 N–H and O–H groups in total. The van der Waals surface area contributed by atoms with Gasteiger partial charge in [0, 0.05) is 18.3 Å². The quantitative estimate of drug-likeness (QED) is 0.698. The van der Waals surface area contributed by atoms with Crippen molar-refractivity contribution in [3.05, 3.63) is 18.0 Å². The molecule has 5 nitrogen and oxygen atoms in total. The van der Waals surface area contributed by atoms with Gasteiger partial charge in [-0.05, 0) is 6.92 Å². The maximum absolute atomic E-state index is 11.2. The smallest absolute Gasteiger partial charge is 0.253 e. The monoisotopic (exact) mass is 189 g/mol. The molecule has 1 heterocycles. The van der Waals surface area contributed by atoms with Crippen molar-refractivity contribution in [3.63, 3.8) is 0 Å². The molecule has 0 saturated carbocycles. The highest BCUT2D eigenvalue weighted by Gasteiger charge is 2.10. The van der Waals surface area contributed by atoms with Crippen LogP contribution in [0.1, 0.15) is 12.5 Å². The second-order valence-electron chi connectivity index (χ2n) is 2.33. The predicted octanol–water partition coefficient (Wildman–Crippen LogP) is -0.460. The largest absolute Gasteiger partial charge is 0.326 e. The van der Waals surface area contributed by atoms with Crippen molar-refractivity contribution in [3.8, 4) is 0 Å². The van der Waals surface area contributed by atoms with Gasteiger partial charge in [-0.2, -0.15) is 9.19 Å². The highest BCUT2D eigenvalue weighted by molar-refractivity contribution is 7.89. The Morgan fingerprint density at radius 3 is 2.75 bits per heavy atom. The second-order valence-corrected chi connectivity index (χ2v) is 4.44. The summed E-state index contributed by atoms with van der Waals surface area (Å²) in [5, 5.41) is 3.68. The van der Waals surface area contributed by atoms with Gasteiger partial charge in [0.2, 0.25) is 0 Å². The van der Waals surface area contributed by atoms with Crippen molar-refractivity contribution < 1.29 is 8.42 Å². The Morgan fingerprint density at radius 1 is 1.67 bits per heavy atom. The molecular formula is C6H11N3O2S. The highest BCUT2D eigenvalue weighted by atomic mass is 32.2. The minimum atomic E-state index is -3.24. The van der Waals surface area contributed by atoms with Crippen LogP contribution in [0.25, 0.3) is 0 Å². The third kappa shape index (κ3) is 1.64. The second kappa shape index (κ2) is 3.24. The van der Waals surface area contributed by atoms with Crippen LogP contribution in [0.3, 0.4) is 0 Å². The summed E-state index contributed by atoms with van der Waals surface area (Å²) in [6.45, 7) is 1.87. The summed E-state index contributed by atoms with van der Waals surface area (Å²) in [7, 11) is -3.24. The van der Waals surface area contributed by atoms with Crippen molar-refractivity contribution in [2.75, 3.05) is 5.75 Å². The molecule has 68 valence electrons. The van der Waals surface area contributed by atoms with E-state index >= 15 is 0 Å². The summed E-state index contributed by atoms with van der Waals surface area (Å²) in [6, 6.07) is 0. The zero-order valence-corrected chi connectivity index (χ0v) is 7.58. The molecule has 1 rings (SSSR count). The molecule has 12 heavy (non-hydrogen) atoms. The molecule has 1 aromatic rings. The molecule has 0 radical (unpaired) electrons. The summed E-state index contributed by atoms with van der Waals surface area (Å²) >= 11 is 0. The molecule has 6 heteroatoms. The Hall–Kier alpha value is -0.880. The first-order valence-electron chi connectivity index (χ1n) is 3.57. The number of hydrogen-bond acceptors (Lipinski definition) is 4. The fourth-order valence-corrected chi connectivity index (χ4v) is 1.48. The summed E-state index contributed by atoms with van der Waals surface area (Å²) in [5.41, 5.74) is 6.01. The van der Waals surface area contributed by atoms with Gasteiger partial charge in [-0.25, -0.2) is 8.42 Å². The maximum atomic E-state index is 11.2. The maximum Gasteiger partial charge on any atom is 0.253 e. The highest BCUT2D eigenvalue weighted by Crippen LogP contribution is 2.00. The van der Waals surface area contributed by atoms with Crippen LogP contribution in [0.4, 0.5) is 0 Å². The molecule has 0 saturated heterocycles. The van der Waals surface area contributed by atoms with Crippen LogP contribution < -0.4 is 5.73 Å². The molecular weight excluding hydrogens is 178 g/mol. The minimum absolute atomic E-state index is 0.0404. The Balaban J connectivity index is 3.05. The number of nitrogens with two attached hydrogens (primary N) is 1. The normalized spacial score (nSPS) is 11.8. The van der Waals surface area contributed by atoms with E-state index in [1.54, 1.807) is 6.92 Å². The lowest BCUT2D eigenvalue weighted by Gasteiger charge is -1.98. The van der Waals surface area contributed by atoms with Gasteiger partial charge in [-0.1, -0.05) is 0 Å². The van der Waals surface area contributed by atoms with Crippen molar-refractivity contribution in [2.24, 2.45) is 5.73 Å². The lowest BCUT2D eigenvalue weighted by atomic mass is 10.4. The zero-order chi connectivity index (χ0) is 9.19. The predicted molar refractivity (Wildman–Crippen MR) is 45.0 cm³/mol. The summed E-state index contributed by atoms with van der Waals surface area (Å²) in [5.74, 6) is 0.0404. The van der Waals surface area contributed by atoms with Gasteiger partial charge in [0.15, 0.2) is 0 Å². The molecule has 0 aliphatic carbocycles. The molecule has 0 aliphatic rings. The van der Waals surface area contributed by atoms with Crippen LogP contribution >= 0.6 is 0 Å². The zero-order valence-electron chi connectivity index (χ0n) is 6.77. The Bertz CT molecular complexity index is 355. The molecule has 1 aromatic heterocycles. The van der Waals surface area contributed by atoms with Crippen molar-refractivity contribution >= 4 is 10.0 Å². The molecule has 0 amide bonds. The van der Waals surface area contributed by atoms with E-state index in [4.69, 9.17) is 5.73 Å². The summed E-state index contributed by atoms with van der Waals surface area (Å²) in [6.07, 6.45) is 2.88. The standard InChI is InChI=1S/C6H11N3O2S/c1-2-12(10,11)9-5-6(3-7)4-8-9/h4-5H,2-3,7H2,1H3. The van der Waals surface area contributed by atoms with Gasteiger partial charge in [0.05, 0.1) is 11.9 Å². The number of aromatic nitrogens is 2. The molecule has 0 atom stereocenters. The van der Waals surface area contributed by atoms with Crippen molar-refractivity contribution in [1.82, 2.24) is 9.19 Å². The van der Waals surface area contributed by atoms with E-state index in [0.29, 0.717) is 12.1 Å². The van der Waals surface area contributed by atoms with Gasteiger partial charge < -0.3 is 5.73 Å². The molecule has 0 aromatic carbocycles. The van der Waals surface area contributed by atoms with Gasteiger partial charge in [0.1, 0.15) is 0 Å². The number of rotatable bonds is 3. The van der Waals surface area contributed by atoms with Crippen LogP contribution in [0.2, 0.25) is 0 Å². The summed E-state index contributed by atoms with van der Waals surface area (Å²) in [4.78, 5) is 0. The van der Waals surface area contributed by atoms with Gasteiger partial charge in [-0.15, -0.1) is 0 Å². The molecule has 0 spiro atoms. The fourth-order valence-electron chi connectivity index (χ4n) is 0.729. The first-order chi connectivity index (χ1) is 5.60. The summed E-state index contributed by atoms with van der Waals surface area (Å²) < 4.78 is 23.3. The first-order valence-corrected chi connectivity index (χ1v) is 5.18. The van der Waals surface area contributed by atoms with E-state index in [2.05, 4.69) is 5.10 Å². The van der Waals surface area contributed by atoms with Gasteiger partial charge >= 0.3 is 0 Å². The fraction of sp³-hybridized carbons (Fsp3) is 0.500. The van der Waals surface area contributed by atoms with Crippen molar-refractivity contribution in [2.45, 2.75) is 13.5 Å². The van der Waals surface area contributed by atoms with E-state index in [1.165, 1.54) is 12.4 Å². The molecule has 0 bridgehead atoms. The van der Waals surface area contributed by atoms with Crippen LogP contribution in [0, 0.1) is 0 Å². The molecule has 0 unspecified atom stereocenters. The van der Waals surface area contributed by atoms with Crippen LogP contribution in [0.5, 0.6) is 0 Å².